The van der Waals surface area contributed by atoms with Crippen molar-refractivity contribution in [3.05, 3.63) is 28.8 Å². The number of benzene rings is 1. The highest BCUT2D eigenvalue weighted by molar-refractivity contribution is 5.95. The van der Waals surface area contributed by atoms with Gasteiger partial charge in [0.2, 0.25) is 0 Å². The Kier molecular flexibility index (Phi) is 8.75. The van der Waals surface area contributed by atoms with Gasteiger partial charge in [-0.25, -0.2) is 0 Å². The zero-order valence-corrected chi connectivity index (χ0v) is 20.6. The Morgan fingerprint density at radius 2 is 1.16 bits per heavy atom. The number of carboxylic acids is 2. The lowest BCUT2D eigenvalue weighted by Gasteiger charge is -2.40. The second-order valence-corrected chi connectivity index (χ2v) is 10.9. The highest BCUT2D eigenvalue weighted by atomic mass is 16.4. The average Bonchev–Trinajstić information content (AvgIpc) is 2.61. The van der Waals surface area contributed by atoms with Gasteiger partial charge in [-0.15, -0.1) is 0 Å². The molecule has 0 aliphatic rings. The fourth-order valence-electron chi connectivity index (χ4n) is 4.50. The van der Waals surface area contributed by atoms with Gasteiger partial charge in [-0.05, 0) is 40.4 Å². The van der Waals surface area contributed by atoms with E-state index in [2.05, 4.69) is 0 Å². The minimum Gasteiger partial charge on any atom is -0.507 e. The predicted molar refractivity (Wildman–Crippen MR) is 125 cm³/mol. The van der Waals surface area contributed by atoms with Crippen LogP contribution in [0.5, 0.6) is 5.75 Å². The molecule has 31 heavy (non-hydrogen) atoms. The van der Waals surface area contributed by atoms with Gasteiger partial charge in [0.25, 0.3) is 0 Å². The third kappa shape index (κ3) is 6.02. The summed E-state index contributed by atoms with van der Waals surface area (Å²) in [6.07, 6.45) is 4.11. The third-order valence-electron chi connectivity index (χ3n) is 6.30. The number of aromatic hydroxyl groups is 1. The van der Waals surface area contributed by atoms with Crippen molar-refractivity contribution in [1.29, 1.82) is 0 Å². The number of unbranched alkanes of at least 4 members (excludes halogenated alkanes) is 2. The van der Waals surface area contributed by atoms with E-state index in [-0.39, 0.29) is 16.6 Å². The van der Waals surface area contributed by atoms with Crippen LogP contribution in [0.3, 0.4) is 0 Å². The average molecular weight is 435 g/mol. The van der Waals surface area contributed by atoms with Crippen molar-refractivity contribution in [2.45, 2.75) is 110 Å². The summed E-state index contributed by atoms with van der Waals surface area (Å²) in [6.45, 7) is 16.1. The van der Waals surface area contributed by atoms with Crippen molar-refractivity contribution < 1.29 is 24.9 Å². The molecule has 176 valence electrons. The Bertz CT molecular complexity index is 723. The molecule has 5 nitrogen and oxygen atoms in total. The summed E-state index contributed by atoms with van der Waals surface area (Å²) in [5.74, 6) is -3.94. The van der Waals surface area contributed by atoms with Gasteiger partial charge in [0.15, 0.2) is 5.92 Å². The van der Waals surface area contributed by atoms with Crippen molar-refractivity contribution >= 4 is 11.9 Å². The molecule has 1 rings (SSSR count). The lowest BCUT2D eigenvalue weighted by Crippen LogP contribution is -2.45. The van der Waals surface area contributed by atoms with Gasteiger partial charge in [-0.3, -0.25) is 9.59 Å². The Labute approximate surface area is 187 Å². The Hall–Kier alpha value is -2.04. The minimum absolute atomic E-state index is 0.214. The van der Waals surface area contributed by atoms with E-state index < -0.39 is 23.3 Å². The van der Waals surface area contributed by atoms with Crippen LogP contribution in [0, 0.1) is 5.92 Å². The molecule has 1 aromatic rings. The zero-order chi connectivity index (χ0) is 24.2. The maximum Gasteiger partial charge on any atom is 0.318 e. The van der Waals surface area contributed by atoms with E-state index in [9.17, 15) is 24.9 Å². The fraction of sp³-hybridized carbons (Fsp3) is 0.692. The molecule has 0 saturated carbocycles. The van der Waals surface area contributed by atoms with Gasteiger partial charge in [0.05, 0.1) is 0 Å². The molecule has 0 spiro atoms. The Morgan fingerprint density at radius 1 is 0.806 bits per heavy atom. The van der Waals surface area contributed by atoms with Crippen molar-refractivity contribution in [3.8, 4) is 5.75 Å². The van der Waals surface area contributed by atoms with Gasteiger partial charge >= 0.3 is 11.9 Å². The van der Waals surface area contributed by atoms with Crippen LogP contribution in [0.4, 0.5) is 0 Å². The van der Waals surface area contributed by atoms with Gasteiger partial charge < -0.3 is 15.3 Å². The predicted octanol–water partition coefficient (Wildman–Crippen LogP) is 6.39. The molecule has 0 unspecified atom stereocenters. The van der Waals surface area contributed by atoms with Crippen LogP contribution in [0.25, 0.3) is 0 Å². The van der Waals surface area contributed by atoms with Crippen LogP contribution >= 0.6 is 0 Å². The van der Waals surface area contributed by atoms with Crippen molar-refractivity contribution in [2.24, 2.45) is 5.92 Å². The molecule has 0 bridgehead atoms. The summed E-state index contributed by atoms with van der Waals surface area (Å²) in [5.41, 5.74) is 0.352. The lowest BCUT2D eigenvalue weighted by molar-refractivity contribution is -0.159. The van der Waals surface area contributed by atoms with Gasteiger partial charge in [0.1, 0.15) is 5.75 Å². The third-order valence-corrected chi connectivity index (χ3v) is 6.30. The molecular formula is C26H42O5. The summed E-state index contributed by atoms with van der Waals surface area (Å²) < 4.78 is 0. The number of hydrogen-bond donors (Lipinski definition) is 3. The van der Waals surface area contributed by atoms with E-state index in [1.807, 2.05) is 67.5 Å². The highest BCUT2D eigenvalue weighted by Gasteiger charge is 2.49. The number of phenols is 1. The van der Waals surface area contributed by atoms with Crippen molar-refractivity contribution in [3.63, 3.8) is 0 Å². The van der Waals surface area contributed by atoms with Crippen LogP contribution in [0.2, 0.25) is 0 Å². The molecule has 3 N–H and O–H groups in total. The first-order chi connectivity index (χ1) is 14.1. The SMILES string of the molecule is CCCCC(CCCC)(c1cc(C(C)(C)C)c(O)c(C(C)(C)C)c1)C(C(=O)O)C(=O)O. The fourth-order valence-corrected chi connectivity index (χ4v) is 4.50. The van der Waals surface area contributed by atoms with Crippen LogP contribution in [0.1, 0.15) is 111 Å². The summed E-state index contributed by atoms with van der Waals surface area (Å²) in [7, 11) is 0. The van der Waals surface area contributed by atoms with E-state index in [0.29, 0.717) is 12.8 Å². The summed E-state index contributed by atoms with van der Waals surface area (Å²) in [6, 6.07) is 3.74. The molecule has 0 heterocycles. The molecule has 0 saturated heterocycles. The van der Waals surface area contributed by atoms with Crippen LogP contribution < -0.4 is 0 Å². The van der Waals surface area contributed by atoms with Crippen molar-refractivity contribution in [2.75, 3.05) is 0 Å². The number of carbonyl (C=O) groups is 2. The molecule has 0 amide bonds. The first kappa shape index (κ1) is 27.0. The smallest absolute Gasteiger partial charge is 0.318 e. The van der Waals surface area contributed by atoms with Crippen LogP contribution in [-0.4, -0.2) is 27.3 Å². The second kappa shape index (κ2) is 10.1. The molecule has 0 aliphatic heterocycles. The Morgan fingerprint density at radius 3 is 1.42 bits per heavy atom. The maximum absolute atomic E-state index is 12.3. The number of carboxylic acid groups (broad SMARTS) is 2. The zero-order valence-electron chi connectivity index (χ0n) is 20.6. The highest BCUT2D eigenvalue weighted by Crippen LogP contribution is 2.48. The van der Waals surface area contributed by atoms with Crippen LogP contribution in [-0.2, 0) is 25.8 Å². The molecule has 5 heteroatoms. The summed E-state index contributed by atoms with van der Waals surface area (Å²) in [5, 5.41) is 31.2. The number of rotatable bonds is 10. The van der Waals surface area contributed by atoms with E-state index in [0.717, 1.165) is 42.4 Å². The topological polar surface area (TPSA) is 94.8 Å². The standard InChI is InChI=1S/C26H42O5/c1-9-11-13-26(14-12-10-2,20(22(28)29)23(30)31)17-15-18(24(3,4)5)21(27)19(16-17)25(6,7)8/h15-16,20,27H,9-14H2,1-8H3,(H,28,29)(H,30,31). The molecule has 0 aliphatic carbocycles. The summed E-state index contributed by atoms with van der Waals surface area (Å²) >= 11 is 0. The number of phenolic OH excluding ortho intramolecular Hbond substituents is 1. The first-order valence-electron chi connectivity index (χ1n) is 11.5. The lowest BCUT2D eigenvalue weighted by atomic mass is 9.62. The van der Waals surface area contributed by atoms with E-state index >= 15 is 0 Å². The molecule has 0 aromatic heterocycles. The van der Waals surface area contributed by atoms with E-state index in [1.165, 1.54) is 0 Å². The van der Waals surface area contributed by atoms with E-state index in [4.69, 9.17) is 0 Å². The van der Waals surface area contributed by atoms with Gasteiger partial charge in [-0.1, -0.05) is 93.2 Å². The van der Waals surface area contributed by atoms with Crippen LogP contribution in [0.15, 0.2) is 12.1 Å². The molecular weight excluding hydrogens is 392 g/mol. The molecule has 0 atom stereocenters. The maximum atomic E-state index is 12.3. The largest absolute Gasteiger partial charge is 0.507 e. The molecule has 0 fully saturated rings. The van der Waals surface area contributed by atoms with Gasteiger partial charge in [0, 0.05) is 5.41 Å². The minimum atomic E-state index is -1.55. The van der Waals surface area contributed by atoms with Crippen molar-refractivity contribution in [1.82, 2.24) is 0 Å². The first-order valence-corrected chi connectivity index (χ1v) is 11.5. The van der Waals surface area contributed by atoms with E-state index in [1.54, 1.807) is 0 Å². The normalized spacial score (nSPS) is 12.9. The van der Waals surface area contributed by atoms with Gasteiger partial charge in [-0.2, -0.15) is 0 Å². The molecule has 0 radical (unpaired) electrons. The molecule has 1 aromatic carbocycles. The Balaban J connectivity index is 4.09. The monoisotopic (exact) mass is 434 g/mol. The second-order valence-electron chi connectivity index (χ2n) is 10.9. The summed E-state index contributed by atoms with van der Waals surface area (Å²) in [4.78, 5) is 24.6. The number of aliphatic carboxylic acids is 2. The quantitative estimate of drug-likeness (QED) is 0.371. The number of hydrogen-bond acceptors (Lipinski definition) is 3.